The quantitative estimate of drug-likeness (QED) is 0.938. The average Bonchev–Trinajstić information content (AvgIpc) is 2.90. The maximum Gasteiger partial charge on any atom is 0.339 e. The van der Waals surface area contributed by atoms with E-state index in [0.29, 0.717) is 17.9 Å². The van der Waals surface area contributed by atoms with Crippen LogP contribution in [0.25, 0.3) is 0 Å². The molecule has 3 rings (SSSR count). The van der Waals surface area contributed by atoms with Crippen molar-refractivity contribution in [2.24, 2.45) is 0 Å². The largest absolute Gasteiger partial charge is 0.482 e. The first kappa shape index (κ1) is 13.5. The molecule has 2 heterocycles. The highest BCUT2D eigenvalue weighted by Gasteiger charge is 2.28. The summed E-state index contributed by atoms with van der Waals surface area (Å²) in [5.41, 5.74) is 1.83. The Morgan fingerprint density at radius 3 is 2.81 bits per heavy atom. The van der Waals surface area contributed by atoms with E-state index in [9.17, 15) is 9.90 Å². The van der Waals surface area contributed by atoms with E-state index in [1.165, 1.54) is 6.20 Å². The Bertz CT molecular complexity index is 673. The van der Waals surface area contributed by atoms with Crippen molar-refractivity contribution in [1.82, 2.24) is 9.97 Å². The van der Waals surface area contributed by atoms with E-state index in [-0.39, 0.29) is 17.6 Å². The van der Waals surface area contributed by atoms with Gasteiger partial charge in [-0.1, -0.05) is 32.0 Å². The van der Waals surface area contributed by atoms with Gasteiger partial charge in [0.15, 0.2) is 11.9 Å². The van der Waals surface area contributed by atoms with Crippen molar-refractivity contribution in [3.05, 3.63) is 53.1 Å². The van der Waals surface area contributed by atoms with E-state index in [4.69, 9.17) is 4.74 Å². The van der Waals surface area contributed by atoms with Crippen molar-refractivity contribution >= 4 is 5.97 Å². The van der Waals surface area contributed by atoms with E-state index < -0.39 is 5.97 Å². The standard InChI is InChI=1S/C16H16N2O3/c1-9(2)14-11(16(19)20)8-17-15(18-14)13-7-10-5-3-4-6-12(10)21-13/h3-6,8-9,13H,7H2,1-2H3,(H,19,20). The minimum atomic E-state index is -0.999. The molecule has 0 saturated heterocycles. The molecule has 0 aliphatic carbocycles. The number of benzene rings is 1. The smallest absolute Gasteiger partial charge is 0.339 e. The number of fused-ring (bicyclic) bond motifs is 1. The Hall–Kier alpha value is -2.43. The molecule has 1 unspecified atom stereocenters. The average molecular weight is 284 g/mol. The van der Waals surface area contributed by atoms with Gasteiger partial charge in [0.2, 0.25) is 0 Å². The van der Waals surface area contributed by atoms with Gasteiger partial charge in [0.1, 0.15) is 5.75 Å². The van der Waals surface area contributed by atoms with Crippen LogP contribution in [0, 0.1) is 0 Å². The van der Waals surface area contributed by atoms with Gasteiger partial charge < -0.3 is 9.84 Å². The first-order valence-corrected chi connectivity index (χ1v) is 6.91. The molecule has 1 N–H and O–H groups in total. The second-order valence-corrected chi connectivity index (χ2v) is 5.41. The number of ether oxygens (including phenoxy) is 1. The third kappa shape index (κ3) is 2.46. The number of aromatic carboxylic acids is 1. The molecule has 0 fully saturated rings. The summed E-state index contributed by atoms with van der Waals surface area (Å²) in [6.45, 7) is 3.84. The first-order chi connectivity index (χ1) is 10.1. The van der Waals surface area contributed by atoms with Gasteiger partial charge in [-0.2, -0.15) is 0 Å². The molecule has 0 bridgehead atoms. The molecule has 1 aromatic carbocycles. The molecule has 0 amide bonds. The number of carboxylic acid groups (broad SMARTS) is 1. The van der Waals surface area contributed by atoms with Gasteiger partial charge in [-0.3, -0.25) is 0 Å². The fourth-order valence-corrected chi connectivity index (χ4v) is 2.50. The molecule has 1 aliphatic rings. The fraction of sp³-hybridized carbons (Fsp3) is 0.312. The molecule has 0 spiro atoms. The van der Waals surface area contributed by atoms with E-state index in [2.05, 4.69) is 9.97 Å². The van der Waals surface area contributed by atoms with Crippen molar-refractivity contribution in [2.45, 2.75) is 32.3 Å². The number of hydrogen-bond donors (Lipinski definition) is 1. The number of nitrogens with zero attached hydrogens (tertiary/aromatic N) is 2. The lowest BCUT2D eigenvalue weighted by molar-refractivity contribution is 0.0693. The predicted molar refractivity (Wildman–Crippen MR) is 76.6 cm³/mol. The second-order valence-electron chi connectivity index (χ2n) is 5.41. The van der Waals surface area contributed by atoms with E-state index in [1.807, 2.05) is 38.1 Å². The summed E-state index contributed by atoms with van der Waals surface area (Å²) >= 11 is 0. The van der Waals surface area contributed by atoms with Gasteiger partial charge in [-0.05, 0) is 17.5 Å². The second kappa shape index (κ2) is 5.16. The highest BCUT2D eigenvalue weighted by Crippen LogP contribution is 2.35. The summed E-state index contributed by atoms with van der Waals surface area (Å²) in [4.78, 5) is 19.9. The lowest BCUT2D eigenvalue weighted by atomic mass is 10.0. The minimum absolute atomic E-state index is 0.0154. The molecular weight excluding hydrogens is 268 g/mol. The lowest BCUT2D eigenvalue weighted by Crippen LogP contribution is -2.14. The lowest BCUT2D eigenvalue weighted by Gasteiger charge is -2.13. The fourth-order valence-electron chi connectivity index (χ4n) is 2.50. The van der Waals surface area contributed by atoms with Crippen molar-refractivity contribution in [3.63, 3.8) is 0 Å². The molecule has 21 heavy (non-hydrogen) atoms. The van der Waals surface area contributed by atoms with Crippen LogP contribution in [0.3, 0.4) is 0 Å². The summed E-state index contributed by atoms with van der Waals surface area (Å²) < 4.78 is 5.86. The monoisotopic (exact) mass is 284 g/mol. The zero-order valence-electron chi connectivity index (χ0n) is 11.9. The van der Waals surface area contributed by atoms with Crippen LogP contribution in [0.15, 0.2) is 30.5 Å². The minimum Gasteiger partial charge on any atom is -0.482 e. The molecule has 1 aliphatic heterocycles. The zero-order chi connectivity index (χ0) is 15.0. The van der Waals surface area contributed by atoms with Crippen LogP contribution in [0.2, 0.25) is 0 Å². The van der Waals surface area contributed by atoms with Gasteiger partial charge in [0.25, 0.3) is 0 Å². The third-order valence-corrected chi connectivity index (χ3v) is 3.55. The van der Waals surface area contributed by atoms with E-state index in [1.54, 1.807) is 0 Å². The molecule has 0 radical (unpaired) electrons. The van der Waals surface area contributed by atoms with Crippen molar-refractivity contribution in [1.29, 1.82) is 0 Å². The summed E-state index contributed by atoms with van der Waals surface area (Å²) in [7, 11) is 0. The molecule has 1 aromatic heterocycles. The molecular formula is C16H16N2O3. The van der Waals surface area contributed by atoms with Crippen LogP contribution in [0.4, 0.5) is 0 Å². The summed E-state index contributed by atoms with van der Waals surface area (Å²) in [5.74, 6) is 0.405. The highest BCUT2D eigenvalue weighted by atomic mass is 16.5. The Morgan fingerprint density at radius 2 is 2.14 bits per heavy atom. The van der Waals surface area contributed by atoms with Gasteiger partial charge in [-0.25, -0.2) is 14.8 Å². The number of carbonyl (C=O) groups is 1. The van der Waals surface area contributed by atoms with Crippen LogP contribution >= 0.6 is 0 Å². The third-order valence-electron chi connectivity index (χ3n) is 3.55. The highest BCUT2D eigenvalue weighted by molar-refractivity contribution is 5.88. The van der Waals surface area contributed by atoms with E-state index in [0.717, 1.165) is 11.3 Å². The topological polar surface area (TPSA) is 72.3 Å². The maximum atomic E-state index is 11.2. The zero-order valence-corrected chi connectivity index (χ0v) is 11.9. The molecule has 0 saturated carbocycles. The number of hydrogen-bond acceptors (Lipinski definition) is 4. The summed E-state index contributed by atoms with van der Waals surface area (Å²) in [6.07, 6.45) is 1.84. The van der Waals surface area contributed by atoms with Crippen molar-refractivity contribution < 1.29 is 14.6 Å². The van der Waals surface area contributed by atoms with Crippen LogP contribution in [0.5, 0.6) is 5.75 Å². The number of carboxylic acids is 1. The Morgan fingerprint density at radius 1 is 1.38 bits per heavy atom. The number of aromatic nitrogens is 2. The van der Waals surface area contributed by atoms with Gasteiger partial charge in [-0.15, -0.1) is 0 Å². The van der Waals surface area contributed by atoms with Crippen molar-refractivity contribution in [2.75, 3.05) is 0 Å². The van der Waals surface area contributed by atoms with Gasteiger partial charge in [0.05, 0.1) is 11.3 Å². The SMILES string of the molecule is CC(C)c1nc(C2Cc3ccccc3O2)ncc1C(=O)O. The predicted octanol–water partition coefficient (Wildman–Crippen LogP) is 2.97. The van der Waals surface area contributed by atoms with Gasteiger partial charge in [0, 0.05) is 12.6 Å². The normalized spacial score (nSPS) is 16.6. The summed E-state index contributed by atoms with van der Waals surface area (Å²) in [5, 5.41) is 9.20. The van der Waals surface area contributed by atoms with Crippen LogP contribution in [-0.2, 0) is 6.42 Å². The van der Waals surface area contributed by atoms with Crippen molar-refractivity contribution in [3.8, 4) is 5.75 Å². The van der Waals surface area contributed by atoms with Crippen LogP contribution < -0.4 is 4.74 Å². The van der Waals surface area contributed by atoms with Crippen LogP contribution in [-0.4, -0.2) is 21.0 Å². The Kier molecular flexibility index (Phi) is 3.33. The molecule has 5 nitrogen and oxygen atoms in total. The Labute approximate surface area is 122 Å². The molecule has 108 valence electrons. The maximum absolute atomic E-state index is 11.2. The van der Waals surface area contributed by atoms with Crippen LogP contribution in [0.1, 0.15) is 53.3 Å². The van der Waals surface area contributed by atoms with Gasteiger partial charge >= 0.3 is 5.97 Å². The first-order valence-electron chi connectivity index (χ1n) is 6.91. The molecule has 2 aromatic rings. The molecule has 5 heteroatoms. The summed E-state index contributed by atoms with van der Waals surface area (Å²) in [6, 6.07) is 7.84. The molecule has 1 atom stereocenters. The Balaban J connectivity index is 1.95. The number of para-hydroxylation sites is 1. The number of rotatable bonds is 3. The van der Waals surface area contributed by atoms with E-state index >= 15 is 0 Å².